The first kappa shape index (κ1) is 12.6. The molecule has 4 nitrogen and oxygen atoms in total. The minimum Gasteiger partial charge on any atom is -0.376 e. The minimum atomic E-state index is 0.318. The van der Waals surface area contributed by atoms with Gasteiger partial charge < -0.3 is 9.64 Å². The van der Waals surface area contributed by atoms with Gasteiger partial charge in [-0.15, -0.1) is 0 Å². The highest BCUT2D eigenvalue weighted by Gasteiger charge is 2.18. The summed E-state index contributed by atoms with van der Waals surface area (Å²) in [5, 5.41) is 0.506. The van der Waals surface area contributed by atoms with Gasteiger partial charge in [0, 0.05) is 32.7 Å². The third-order valence-electron chi connectivity index (χ3n) is 2.94. The minimum absolute atomic E-state index is 0.318. The molecular formula is C12H18ClN3O. The van der Waals surface area contributed by atoms with Crippen molar-refractivity contribution in [2.75, 3.05) is 25.1 Å². The van der Waals surface area contributed by atoms with Gasteiger partial charge in [-0.25, -0.2) is 9.97 Å². The van der Waals surface area contributed by atoms with E-state index >= 15 is 0 Å². The topological polar surface area (TPSA) is 38.2 Å². The molecule has 5 heteroatoms. The lowest BCUT2D eigenvalue weighted by atomic mass is 10.2. The maximum Gasteiger partial charge on any atom is 0.134 e. The van der Waals surface area contributed by atoms with Gasteiger partial charge in [-0.1, -0.05) is 18.5 Å². The first-order valence-electron chi connectivity index (χ1n) is 6.05. The molecule has 1 atom stereocenters. The van der Waals surface area contributed by atoms with E-state index in [0.29, 0.717) is 11.3 Å². The molecule has 0 radical (unpaired) electrons. The molecule has 0 aromatic carbocycles. The van der Waals surface area contributed by atoms with Crippen LogP contribution in [0.15, 0.2) is 6.07 Å². The number of likely N-dealkylation sites (N-methyl/N-ethyl adjacent to an activating group) is 1. The Morgan fingerprint density at radius 2 is 2.35 bits per heavy atom. The number of nitrogens with zero attached hydrogens (tertiary/aromatic N) is 3. The standard InChI is InChI=1S/C12H18ClN3O/c1-3-11-14-10(13)7-12(15-11)16(2)8-9-5-4-6-17-9/h7,9H,3-6,8H2,1-2H3. The van der Waals surface area contributed by atoms with Crippen LogP contribution in [-0.4, -0.2) is 36.3 Å². The van der Waals surface area contributed by atoms with Crippen molar-refractivity contribution in [2.45, 2.75) is 32.3 Å². The van der Waals surface area contributed by atoms with E-state index in [1.54, 1.807) is 6.07 Å². The first-order valence-corrected chi connectivity index (χ1v) is 6.43. The van der Waals surface area contributed by atoms with Crippen LogP contribution < -0.4 is 4.90 Å². The average Bonchev–Trinajstić information content (AvgIpc) is 2.81. The van der Waals surface area contributed by atoms with Crippen molar-refractivity contribution in [1.29, 1.82) is 0 Å². The summed E-state index contributed by atoms with van der Waals surface area (Å²) >= 11 is 5.98. The molecule has 0 spiro atoms. The van der Waals surface area contributed by atoms with E-state index in [1.165, 1.54) is 0 Å². The van der Waals surface area contributed by atoms with Crippen LogP contribution in [0.3, 0.4) is 0 Å². The smallest absolute Gasteiger partial charge is 0.134 e. The second kappa shape index (κ2) is 5.65. The maximum atomic E-state index is 5.98. The van der Waals surface area contributed by atoms with E-state index in [-0.39, 0.29) is 0 Å². The fraction of sp³-hybridized carbons (Fsp3) is 0.667. The van der Waals surface area contributed by atoms with Crippen LogP contribution in [0.4, 0.5) is 5.82 Å². The summed E-state index contributed by atoms with van der Waals surface area (Å²) in [4.78, 5) is 10.7. The van der Waals surface area contributed by atoms with Gasteiger partial charge in [0.1, 0.15) is 16.8 Å². The Morgan fingerprint density at radius 3 is 3.00 bits per heavy atom. The van der Waals surface area contributed by atoms with E-state index in [9.17, 15) is 0 Å². The first-order chi connectivity index (χ1) is 8.19. The van der Waals surface area contributed by atoms with Gasteiger partial charge >= 0.3 is 0 Å². The molecule has 17 heavy (non-hydrogen) atoms. The number of aromatic nitrogens is 2. The van der Waals surface area contributed by atoms with Gasteiger partial charge in [-0.3, -0.25) is 0 Å². The molecule has 1 aliphatic rings. The van der Waals surface area contributed by atoms with Crippen molar-refractivity contribution < 1.29 is 4.74 Å². The second-order valence-corrected chi connectivity index (χ2v) is 4.72. The summed E-state index contributed by atoms with van der Waals surface area (Å²) in [6, 6.07) is 1.80. The lowest BCUT2D eigenvalue weighted by molar-refractivity contribution is 0.116. The van der Waals surface area contributed by atoms with Crippen LogP contribution in [0, 0.1) is 0 Å². The molecule has 1 unspecified atom stereocenters. The van der Waals surface area contributed by atoms with Crippen molar-refractivity contribution in [1.82, 2.24) is 9.97 Å². The molecule has 1 saturated heterocycles. The van der Waals surface area contributed by atoms with Crippen molar-refractivity contribution in [3.63, 3.8) is 0 Å². The second-order valence-electron chi connectivity index (χ2n) is 4.33. The monoisotopic (exact) mass is 255 g/mol. The lowest BCUT2D eigenvalue weighted by Crippen LogP contribution is -2.29. The lowest BCUT2D eigenvalue weighted by Gasteiger charge is -2.22. The largest absolute Gasteiger partial charge is 0.376 e. The molecule has 94 valence electrons. The van der Waals surface area contributed by atoms with Crippen LogP contribution in [0.25, 0.3) is 0 Å². The van der Waals surface area contributed by atoms with Crippen LogP contribution in [0.2, 0.25) is 5.15 Å². The zero-order chi connectivity index (χ0) is 12.3. The summed E-state index contributed by atoms with van der Waals surface area (Å²) in [7, 11) is 2.01. The highest BCUT2D eigenvalue weighted by atomic mass is 35.5. The summed E-state index contributed by atoms with van der Waals surface area (Å²) in [6.07, 6.45) is 3.40. The molecule has 0 saturated carbocycles. The maximum absolute atomic E-state index is 5.98. The third kappa shape index (κ3) is 3.30. The average molecular weight is 256 g/mol. The van der Waals surface area contributed by atoms with Gasteiger partial charge in [0.15, 0.2) is 0 Å². The van der Waals surface area contributed by atoms with E-state index < -0.39 is 0 Å². The molecule has 2 rings (SSSR count). The van der Waals surface area contributed by atoms with E-state index in [4.69, 9.17) is 16.3 Å². The molecule has 1 aromatic heterocycles. The number of hydrogen-bond acceptors (Lipinski definition) is 4. The Balaban J connectivity index is 2.06. The SMILES string of the molecule is CCc1nc(Cl)cc(N(C)CC2CCCO2)n1. The molecule has 0 amide bonds. The Labute approximate surface area is 107 Å². The molecule has 0 aliphatic carbocycles. The third-order valence-corrected chi connectivity index (χ3v) is 3.13. The summed E-state index contributed by atoms with van der Waals surface area (Å²) in [5.74, 6) is 1.66. The summed E-state index contributed by atoms with van der Waals surface area (Å²) < 4.78 is 5.61. The van der Waals surface area contributed by atoms with Gasteiger partial charge in [-0.05, 0) is 12.8 Å². The number of anilines is 1. The van der Waals surface area contributed by atoms with Crippen molar-refractivity contribution in [3.8, 4) is 0 Å². The Kier molecular flexibility index (Phi) is 4.18. The van der Waals surface area contributed by atoms with E-state index in [1.807, 2.05) is 14.0 Å². The van der Waals surface area contributed by atoms with Crippen molar-refractivity contribution in [2.24, 2.45) is 0 Å². The van der Waals surface area contributed by atoms with Crippen molar-refractivity contribution >= 4 is 17.4 Å². The summed E-state index contributed by atoms with van der Waals surface area (Å²) in [6.45, 7) is 3.76. The number of halogens is 1. The normalized spacial score (nSPS) is 19.6. The zero-order valence-electron chi connectivity index (χ0n) is 10.3. The number of ether oxygens (including phenoxy) is 1. The van der Waals surface area contributed by atoms with E-state index in [2.05, 4.69) is 14.9 Å². The predicted octanol–water partition coefficient (Wildman–Crippen LogP) is 2.31. The van der Waals surface area contributed by atoms with Gasteiger partial charge in [0.25, 0.3) is 0 Å². The molecule has 1 fully saturated rings. The fourth-order valence-corrected chi connectivity index (χ4v) is 2.19. The Bertz CT molecular complexity index is 380. The summed E-state index contributed by atoms with van der Waals surface area (Å²) in [5.41, 5.74) is 0. The predicted molar refractivity (Wildman–Crippen MR) is 68.7 cm³/mol. The number of rotatable bonds is 4. The molecule has 0 N–H and O–H groups in total. The molecule has 0 bridgehead atoms. The van der Waals surface area contributed by atoms with Gasteiger partial charge in [0.05, 0.1) is 6.10 Å². The van der Waals surface area contributed by atoms with Gasteiger partial charge in [0.2, 0.25) is 0 Å². The Morgan fingerprint density at radius 1 is 1.53 bits per heavy atom. The number of aryl methyl sites for hydroxylation is 1. The molecule has 2 heterocycles. The quantitative estimate of drug-likeness (QED) is 0.774. The Hall–Kier alpha value is -0.870. The molecule has 1 aliphatic heterocycles. The highest BCUT2D eigenvalue weighted by Crippen LogP contribution is 2.18. The zero-order valence-corrected chi connectivity index (χ0v) is 11.1. The van der Waals surface area contributed by atoms with Crippen molar-refractivity contribution in [3.05, 3.63) is 17.0 Å². The number of hydrogen-bond donors (Lipinski definition) is 0. The van der Waals surface area contributed by atoms with Gasteiger partial charge in [-0.2, -0.15) is 0 Å². The van der Waals surface area contributed by atoms with Crippen LogP contribution in [0.5, 0.6) is 0 Å². The highest BCUT2D eigenvalue weighted by molar-refractivity contribution is 6.29. The molecule has 1 aromatic rings. The van der Waals surface area contributed by atoms with Crippen LogP contribution in [-0.2, 0) is 11.2 Å². The van der Waals surface area contributed by atoms with Crippen LogP contribution >= 0.6 is 11.6 Å². The van der Waals surface area contributed by atoms with Crippen LogP contribution in [0.1, 0.15) is 25.6 Å². The molecular weight excluding hydrogens is 238 g/mol. The fourth-order valence-electron chi connectivity index (χ4n) is 1.99. The van der Waals surface area contributed by atoms with E-state index in [0.717, 1.165) is 44.1 Å².